The number of unbranched alkanes of at least 4 members (excludes halogenated alkanes) is 1. The van der Waals surface area contributed by atoms with Gasteiger partial charge >= 0.3 is 11.9 Å². The Morgan fingerprint density at radius 2 is 1.32 bits per heavy atom. The van der Waals surface area contributed by atoms with E-state index in [2.05, 4.69) is 39.2 Å². The molecule has 0 spiro atoms. The highest BCUT2D eigenvalue weighted by atomic mass is 32.2. The second kappa shape index (κ2) is 20.7. The Morgan fingerprint density at radius 1 is 0.756 bits per heavy atom. The second-order valence-corrected chi connectivity index (χ2v) is 10.3. The van der Waals surface area contributed by atoms with Crippen molar-refractivity contribution in [3.63, 3.8) is 0 Å². The molecule has 0 heterocycles. The number of rotatable bonds is 21. The number of carbonyl (C=O) groups excluding carboxylic acids is 5. The smallest absolute Gasteiger partial charge is 0.326 e. The minimum Gasteiger partial charge on any atom is -0.481 e. The van der Waals surface area contributed by atoms with E-state index in [9.17, 15) is 38.7 Å². The summed E-state index contributed by atoms with van der Waals surface area (Å²) in [6.45, 7) is 1.18. The van der Waals surface area contributed by atoms with Crippen LogP contribution in [0.15, 0.2) is 0 Å². The van der Waals surface area contributed by atoms with Crippen LogP contribution >= 0.6 is 24.4 Å². The summed E-state index contributed by atoms with van der Waals surface area (Å²) in [5, 5.41) is 30.2. The third-order valence-corrected chi connectivity index (χ3v) is 6.60. The van der Waals surface area contributed by atoms with Crippen LogP contribution in [0.2, 0.25) is 0 Å². The van der Waals surface area contributed by atoms with E-state index in [-0.39, 0.29) is 18.6 Å². The average molecular weight is 624 g/mol. The predicted octanol–water partition coefficient (Wildman–Crippen LogP) is -3.24. The van der Waals surface area contributed by atoms with Gasteiger partial charge < -0.3 is 48.3 Å². The molecule has 234 valence electrons. The van der Waals surface area contributed by atoms with E-state index < -0.39 is 84.6 Å². The summed E-state index contributed by atoms with van der Waals surface area (Å²) in [6, 6.07) is -6.28. The zero-order valence-corrected chi connectivity index (χ0v) is 24.7. The maximum absolute atomic E-state index is 13.0. The lowest BCUT2D eigenvalue weighted by molar-refractivity contribution is -0.142. The Bertz CT molecular complexity index is 926. The van der Waals surface area contributed by atoms with Crippen molar-refractivity contribution in [1.29, 1.82) is 0 Å². The van der Waals surface area contributed by atoms with Gasteiger partial charge in [0.2, 0.25) is 29.5 Å². The first-order valence-electron chi connectivity index (χ1n) is 12.8. The molecule has 0 fully saturated rings. The van der Waals surface area contributed by atoms with Crippen LogP contribution in [0.3, 0.4) is 0 Å². The van der Waals surface area contributed by atoms with Crippen molar-refractivity contribution in [3.8, 4) is 0 Å². The van der Waals surface area contributed by atoms with Crippen molar-refractivity contribution in [2.45, 2.75) is 69.2 Å². The van der Waals surface area contributed by atoms with Gasteiger partial charge in [-0.2, -0.15) is 24.4 Å². The lowest BCUT2D eigenvalue weighted by atomic mass is 10.1. The van der Waals surface area contributed by atoms with Crippen molar-refractivity contribution in [2.24, 2.45) is 11.5 Å². The molecule has 0 aliphatic rings. The standard InChI is InChI=1S/C23H41N7O9S2/c1-12(26-21(36)15(9-18(32)33)27-17(31)10-25)19(34)28-13(6-8-41-2)20(35)30-16(11-40)22(37)29-14(23(38)39)5-3-4-7-24/h12-16,40H,3-11,24-25H2,1-2H3,(H,26,36)(H,27,31)(H,28,34)(H,29,37)(H,30,35)(H,32,33)(H,38,39)/t12-,13-,14-,15-,16-/m0/s1. The van der Waals surface area contributed by atoms with Gasteiger partial charge in [0.15, 0.2) is 0 Å². The fraction of sp³-hybridized carbons (Fsp3) is 0.696. The van der Waals surface area contributed by atoms with Gasteiger partial charge in [-0.25, -0.2) is 4.79 Å². The quantitative estimate of drug-likeness (QED) is 0.0446. The van der Waals surface area contributed by atoms with Crippen LogP contribution in [-0.2, 0) is 33.6 Å². The number of carboxylic acid groups (broad SMARTS) is 2. The molecule has 0 rings (SSSR count). The summed E-state index contributed by atoms with van der Waals surface area (Å²) in [5.74, 6) is -6.38. The summed E-state index contributed by atoms with van der Waals surface area (Å²) in [5.41, 5.74) is 10.6. The van der Waals surface area contributed by atoms with Gasteiger partial charge in [-0.05, 0) is 51.2 Å². The lowest BCUT2D eigenvalue weighted by Gasteiger charge is -2.25. The molecule has 0 aliphatic heterocycles. The molecule has 5 atom stereocenters. The highest BCUT2D eigenvalue weighted by molar-refractivity contribution is 7.98. The summed E-state index contributed by atoms with van der Waals surface area (Å²) in [4.78, 5) is 85.2. The molecule has 0 aromatic heterocycles. The van der Waals surface area contributed by atoms with E-state index in [1.54, 1.807) is 6.26 Å². The molecule has 41 heavy (non-hydrogen) atoms. The monoisotopic (exact) mass is 623 g/mol. The number of carbonyl (C=O) groups is 7. The number of nitrogens with two attached hydrogens (primary N) is 2. The van der Waals surface area contributed by atoms with Crippen molar-refractivity contribution in [1.82, 2.24) is 26.6 Å². The van der Waals surface area contributed by atoms with Gasteiger partial charge in [0.25, 0.3) is 0 Å². The average Bonchev–Trinajstić information content (AvgIpc) is 2.91. The van der Waals surface area contributed by atoms with E-state index in [1.165, 1.54) is 18.7 Å². The Kier molecular flexibility index (Phi) is 19.2. The Hall–Kier alpha value is -3.09. The van der Waals surface area contributed by atoms with Crippen molar-refractivity contribution < 1.29 is 43.8 Å². The Balaban J connectivity index is 5.42. The van der Waals surface area contributed by atoms with E-state index in [4.69, 9.17) is 16.6 Å². The minimum atomic E-state index is -1.49. The molecule has 0 unspecified atom stereocenters. The van der Waals surface area contributed by atoms with Crippen molar-refractivity contribution >= 4 is 65.9 Å². The molecule has 0 bridgehead atoms. The number of hydrogen-bond acceptors (Lipinski definition) is 11. The van der Waals surface area contributed by atoms with E-state index >= 15 is 0 Å². The normalized spacial score (nSPS) is 14.4. The zero-order valence-electron chi connectivity index (χ0n) is 23.0. The van der Waals surface area contributed by atoms with Crippen LogP contribution in [0, 0.1) is 0 Å². The largest absolute Gasteiger partial charge is 0.481 e. The van der Waals surface area contributed by atoms with Crippen molar-refractivity contribution in [2.75, 3.05) is 30.9 Å². The molecule has 16 nitrogen and oxygen atoms in total. The first kappa shape index (κ1) is 37.9. The second-order valence-electron chi connectivity index (χ2n) is 8.92. The molecule has 0 aromatic carbocycles. The van der Waals surface area contributed by atoms with Gasteiger partial charge in [-0.1, -0.05) is 0 Å². The van der Waals surface area contributed by atoms with Crippen LogP contribution in [0.25, 0.3) is 0 Å². The maximum Gasteiger partial charge on any atom is 0.326 e. The van der Waals surface area contributed by atoms with Crippen LogP contribution in [0.1, 0.15) is 39.0 Å². The number of thioether (sulfide) groups is 1. The molecule has 0 radical (unpaired) electrons. The molecular weight excluding hydrogens is 582 g/mol. The predicted molar refractivity (Wildman–Crippen MR) is 154 cm³/mol. The van der Waals surface area contributed by atoms with Gasteiger partial charge in [0, 0.05) is 5.75 Å². The van der Waals surface area contributed by atoms with Gasteiger partial charge in [-0.3, -0.25) is 28.8 Å². The number of thiol groups is 1. The van der Waals surface area contributed by atoms with Crippen LogP contribution in [0.5, 0.6) is 0 Å². The molecule has 0 aliphatic carbocycles. The fourth-order valence-electron chi connectivity index (χ4n) is 3.31. The zero-order chi connectivity index (χ0) is 31.5. The van der Waals surface area contributed by atoms with Crippen LogP contribution in [-0.4, -0.2) is 113 Å². The molecule has 5 amide bonds. The van der Waals surface area contributed by atoms with Gasteiger partial charge in [0.1, 0.15) is 30.2 Å². The minimum absolute atomic E-state index is 0.144. The fourth-order valence-corrected chi connectivity index (χ4v) is 4.04. The molecule has 11 N–H and O–H groups in total. The molecular formula is C23H41N7O9S2. The molecule has 18 heteroatoms. The summed E-state index contributed by atoms with van der Waals surface area (Å²) < 4.78 is 0. The SMILES string of the molecule is CSCC[C@H](NC(=O)[C@H](C)NC(=O)[C@H](CC(=O)O)NC(=O)CN)C(=O)N[C@@H](CS)C(=O)N[C@@H](CCCCN)C(=O)O. The Labute approximate surface area is 247 Å². The van der Waals surface area contributed by atoms with Gasteiger partial charge in [-0.15, -0.1) is 0 Å². The van der Waals surface area contributed by atoms with E-state index in [0.717, 1.165) is 0 Å². The van der Waals surface area contributed by atoms with E-state index in [1.807, 2.05) is 0 Å². The van der Waals surface area contributed by atoms with Crippen LogP contribution in [0.4, 0.5) is 0 Å². The first-order chi connectivity index (χ1) is 19.3. The third-order valence-electron chi connectivity index (χ3n) is 5.59. The van der Waals surface area contributed by atoms with Crippen molar-refractivity contribution in [3.05, 3.63) is 0 Å². The van der Waals surface area contributed by atoms with Gasteiger partial charge in [0.05, 0.1) is 13.0 Å². The topological polar surface area (TPSA) is 272 Å². The number of nitrogens with one attached hydrogen (secondary N) is 5. The van der Waals surface area contributed by atoms with E-state index in [0.29, 0.717) is 25.1 Å². The molecule has 0 saturated heterocycles. The molecule has 0 saturated carbocycles. The number of amides is 5. The highest BCUT2D eigenvalue weighted by Crippen LogP contribution is 2.05. The third kappa shape index (κ3) is 15.5. The summed E-state index contributed by atoms with van der Waals surface area (Å²) in [7, 11) is 0. The number of carboxylic acids is 2. The first-order valence-corrected chi connectivity index (χ1v) is 14.8. The molecule has 0 aromatic rings. The van der Waals surface area contributed by atoms with Crippen LogP contribution < -0.4 is 38.1 Å². The Morgan fingerprint density at radius 3 is 1.83 bits per heavy atom. The maximum atomic E-state index is 13.0. The highest BCUT2D eigenvalue weighted by Gasteiger charge is 2.31. The number of hydrogen-bond donors (Lipinski definition) is 10. The summed E-state index contributed by atoms with van der Waals surface area (Å²) in [6.07, 6.45) is 2.35. The number of aliphatic carboxylic acids is 2. The summed E-state index contributed by atoms with van der Waals surface area (Å²) >= 11 is 5.47. The lowest BCUT2D eigenvalue weighted by Crippen LogP contribution is -2.59.